The van der Waals surface area contributed by atoms with Crippen molar-refractivity contribution in [1.82, 2.24) is 4.72 Å². The molecular formula is C13H16N2O4S. The van der Waals surface area contributed by atoms with Crippen molar-refractivity contribution >= 4 is 27.5 Å². The van der Waals surface area contributed by atoms with Crippen LogP contribution in [0, 0.1) is 0 Å². The van der Waals surface area contributed by atoms with Crippen LogP contribution in [0.3, 0.4) is 0 Å². The van der Waals surface area contributed by atoms with Gasteiger partial charge in [-0.05, 0) is 38.1 Å². The molecule has 2 N–H and O–H groups in total. The molecule has 20 heavy (non-hydrogen) atoms. The van der Waals surface area contributed by atoms with Crippen LogP contribution in [0.25, 0.3) is 0 Å². The van der Waals surface area contributed by atoms with Gasteiger partial charge in [0.1, 0.15) is 0 Å². The zero-order valence-corrected chi connectivity index (χ0v) is 12.2. The summed E-state index contributed by atoms with van der Waals surface area (Å²) >= 11 is 0. The van der Waals surface area contributed by atoms with E-state index < -0.39 is 15.9 Å². The van der Waals surface area contributed by atoms with Crippen LogP contribution in [-0.2, 0) is 19.6 Å². The molecule has 0 aliphatic heterocycles. The topological polar surface area (TPSA) is 92.3 Å². The third-order valence-electron chi connectivity index (χ3n) is 2.13. The van der Waals surface area contributed by atoms with E-state index in [4.69, 9.17) is 0 Å². The molecule has 0 saturated carbocycles. The van der Waals surface area contributed by atoms with E-state index in [0.29, 0.717) is 5.69 Å². The molecule has 0 heterocycles. The Kier molecular flexibility index (Phi) is 5.04. The number of carbonyl (C=O) groups is 2. The van der Waals surface area contributed by atoms with Crippen molar-refractivity contribution in [2.24, 2.45) is 0 Å². The summed E-state index contributed by atoms with van der Waals surface area (Å²) in [6.07, 6.45) is 1.43. The number of hydrogen-bond acceptors (Lipinski definition) is 4. The SMILES string of the molecule is CC(=O)NS(=O)(=O)c1ccc(NC(=O)C=C(C)C)cc1. The summed E-state index contributed by atoms with van der Waals surface area (Å²) in [5.41, 5.74) is 1.32. The first-order chi connectivity index (χ1) is 9.20. The molecule has 1 aromatic carbocycles. The third kappa shape index (κ3) is 4.85. The Hall–Kier alpha value is -2.15. The summed E-state index contributed by atoms with van der Waals surface area (Å²) in [6.45, 7) is 4.71. The monoisotopic (exact) mass is 296 g/mol. The molecule has 0 saturated heterocycles. The highest BCUT2D eigenvalue weighted by atomic mass is 32.2. The van der Waals surface area contributed by atoms with Crippen molar-refractivity contribution in [2.75, 3.05) is 5.32 Å². The Morgan fingerprint density at radius 3 is 2.05 bits per heavy atom. The first-order valence-corrected chi connectivity index (χ1v) is 7.28. The van der Waals surface area contributed by atoms with Gasteiger partial charge in [-0.25, -0.2) is 13.1 Å². The maximum absolute atomic E-state index is 11.7. The molecule has 108 valence electrons. The van der Waals surface area contributed by atoms with Crippen molar-refractivity contribution < 1.29 is 18.0 Å². The van der Waals surface area contributed by atoms with Crippen LogP contribution >= 0.6 is 0 Å². The fraction of sp³-hybridized carbons (Fsp3) is 0.231. The number of amides is 2. The number of hydrogen-bond donors (Lipinski definition) is 2. The van der Waals surface area contributed by atoms with Crippen LogP contribution in [0.2, 0.25) is 0 Å². The molecule has 0 fully saturated rings. The Bertz CT molecular complexity index is 641. The van der Waals surface area contributed by atoms with Crippen LogP contribution in [0.5, 0.6) is 0 Å². The average Bonchev–Trinajstić information content (AvgIpc) is 2.26. The molecule has 0 spiro atoms. The van der Waals surface area contributed by atoms with Crippen molar-refractivity contribution in [3.63, 3.8) is 0 Å². The zero-order chi connectivity index (χ0) is 15.3. The van der Waals surface area contributed by atoms with E-state index in [2.05, 4.69) is 5.32 Å². The predicted octanol–water partition coefficient (Wildman–Crippen LogP) is 1.42. The first kappa shape index (κ1) is 15.9. The van der Waals surface area contributed by atoms with E-state index in [1.165, 1.54) is 30.3 Å². The minimum absolute atomic E-state index is 0.0482. The molecule has 1 aromatic rings. The van der Waals surface area contributed by atoms with Crippen LogP contribution in [0.15, 0.2) is 40.8 Å². The Morgan fingerprint density at radius 1 is 1.05 bits per heavy atom. The Labute approximate surface area is 117 Å². The second kappa shape index (κ2) is 6.33. The van der Waals surface area contributed by atoms with Crippen molar-refractivity contribution in [2.45, 2.75) is 25.7 Å². The number of carbonyl (C=O) groups excluding carboxylic acids is 2. The van der Waals surface area contributed by atoms with Gasteiger partial charge in [0, 0.05) is 18.7 Å². The highest BCUT2D eigenvalue weighted by molar-refractivity contribution is 7.90. The van der Waals surface area contributed by atoms with Gasteiger partial charge < -0.3 is 5.32 Å². The Morgan fingerprint density at radius 2 is 1.60 bits per heavy atom. The van der Waals surface area contributed by atoms with E-state index in [9.17, 15) is 18.0 Å². The van der Waals surface area contributed by atoms with Gasteiger partial charge in [-0.1, -0.05) is 5.57 Å². The summed E-state index contributed by atoms with van der Waals surface area (Å²) in [5, 5.41) is 2.60. The smallest absolute Gasteiger partial charge is 0.264 e. The fourth-order valence-corrected chi connectivity index (χ4v) is 2.40. The third-order valence-corrected chi connectivity index (χ3v) is 3.58. The predicted molar refractivity (Wildman–Crippen MR) is 75.5 cm³/mol. The van der Waals surface area contributed by atoms with Gasteiger partial charge in [-0.3, -0.25) is 9.59 Å². The van der Waals surface area contributed by atoms with Gasteiger partial charge in [0.2, 0.25) is 11.8 Å². The number of sulfonamides is 1. The zero-order valence-electron chi connectivity index (χ0n) is 11.4. The van der Waals surface area contributed by atoms with Crippen LogP contribution in [0.4, 0.5) is 5.69 Å². The largest absolute Gasteiger partial charge is 0.323 e. The number of rotatable bonds is 4. The molecule has 6 nitrogen and oxygen atoms in total. The minimum Gasteiger partial charge on any atom is -0.323 e. The van der Waals surface area contributed by atoms with Crippen molar-refractivity contribution in [3.05, 3.63) is 35.9 Å². The van der Waals surface area contributed by atoms with E-state index >= 15 is 0 Å². The summed E-state index contributed by atoms with van der Waals surface area (Å²) in [4.78, 5) is 22.2. The van der Waals surface area contributed by atoms with Gasteiger partial charge in [0.25, 0.3) is 10.0 Å². The van der Waals surface area contributed by atoms with Gasteiger partial charge in [-0.2, -0.15) is 0 Å². The summed E-state index contributed by atoms with van der Waals surface area (Å²) in [6, 6.07) is 5.52. The maximum atomic E-state index is 11.7. The number of nitrogens with one attached hydrogen (secondary N) is 2. The lowest BCUT2D eigenvalue weighted by Gasteiger charge is -2.06. The van der Waals surface area contributed by atoms with Gasteiger partial charge in [0.05, 0.1) is 4.90 Å². The number of anilines is 1. The maximum Gasteiger partial charge on any atom is 0.264 e. The van der Waals surface area contributed by atoms with Crippen molar-refractivity contribution in [1.29, 1.82) is 0 Å². The van der Waals surface area contributed by atoms with Crippen LogP contribution < -0.4 is 10.0 Å². The molecule has 0 bridgehead atoms. The fourth-order valence-electron chi connectivity index (χ4n) is 1.41. The van der Waals surface area contributed by atoms with E-state index in [0.717, 1.165) is 12.5 Å². The lowest BCUT2D eigenvalue weighted by Crippen LogP contribution is -2.28. The lowest BCUT2D eigenvalue weighted by molar-refractivity contribution is -0.117. The molecule has 0 aliphatic carbocycles. The van der Waals surface area contributed by atoms with Crippen molar-refractivity contribution in [3.8, 4) is 0 Å². The molecule has 2 amide bonds. The molecule has 0 unspecified atom stereocenters. The van der Waals surface area contributed by atoms with Crippen LogP contribution in [0.1, 0.15) is 20.8 Å². The molecular weight excluding hydrogens is 280 g/mol. The molecule has 7 heteroatoms. The van der Waals surface area contributed by atoms with Gasteiger partial charge >= 0.3 is 0 Å². The molecule has 1 rings (SSSR count). The second-order valence-corrected chi connectivity index (χ2v) is 6.08. The number of benzene rings is 1. The quantitative estimate of drug-likeness (QED) is 0.822. The Balaban J connectivity index is 2.87. The molecule has 0 aliphatic rings. The summed E-state index contributed by atoms with van der Waals surface area (Å²) in [7, 11) is -3.85. The number of allylic oxidation sites excluding steroid dienone is 1. The van der Waals surface area contributed by atoms with E-state index in [-0.39, 0.29) is 10.8 Å². The minimum atomic E-state index is -3.85. The lowest BCUT2D eigenvalue weighted by atomic mass is 10.3. The van der Waals surface area contributed by atoms with E-state index in [1.54, 1.807) is 13.8 Å². The van der Waals surface area contributed by atoms with E-state index in [1.807, 2.05) is 4.72 Å². The molecule has 0 radical (unpaired) electrons. The second-order valence-electron chi connectivity index (χ2n) is 4.40. The first-order valence-electron chi connectivity index (χ1n) is 5.80. The highest BCUT2D eigenvalue weighted by Gasteiger charge is 2.14. The molecule has 0 aromatic heterocycles. The summed E-state index contributed by atoms with van der Waals surface area (Å²) in [5.74, 6) is -0.951. The summed E-state index contributed by atoms with van der Waals surface area (Å²) < 4.78 is 25.2. The average molecular weight is 296 g/mol. The van der Waals surface area contributed by atoms with Gasteiger partial charge in [-0.15, -0.1) is 0 Å². The standard InChI is InChI=1S/C13H16N2O4S/c1-9(2)8-13(17)14-11-4-6-12(7-5-11)20(18,19)15-10(3)16/h4-8H,1-3H3,(H,14,17)(H,15,16). The van der Waals surface area contributed by atoms with Crippen LogP contribution in [-0.4, -0.2) is 20.2 Å². The highest BCUT2D eigenvalue weighted by Crippen LogP contribution is 2.14. The normalized spacial score (nSPS) is 10.6. The van der Waals surface area contributed by atoms with Gasteiger partial charge in [0.15, 0.2) is 0 Å². The molecule has 0 atom stereocenters.